The minimum Gasteiger partial charge on any atom is -0.507 e. The molecule has 1 unspecified atom stereocenters. The van der Waals surface area contributed by atoms with Crippen LogP contribution in [0.15, 0.2) is 18.2 Å². The lowest BCUT2D eigenvalue weighted by molar-refractivity contribution is -0.138. The van der Waals surface area contributed by atoms with E-state index >= 15 is 0 Å². The van der Waals surface area contributed by atoms with Crippen LogP contribution in [-0.4, -0.2) is 23.9 Å². The lowest BCUT2D eigenvalue weighted by atomic mass is 9.74. The van der Waals surface area contributed by atoms with Crippen LogP contribution in [0.25, 0.3) is 0 Å². The van der Waals surface area contributed by atoms with Crippen molar-refractivity contribution in [3.8, 4) is 5.75 Å². The van der Waals surface area contributed by atoms with E-state index in [0.717, 1.165) is 12.1 Å². The van der Waals surface area contributed by atoms with Crippen molar-refractivity contribution in [3.05, 3.63) is 23.8 Å². The fourth-order valence-corrected chi connectivity index (χ4v) is 2.39. The molecule has 1 aliphatic rings. The highest BCUT2D eigenvalue weighted by atomic mass is 19.4. The smallest absolute Gasteiger partial charge is 0.494 e. The Bertz CT molecular complexity index is 502. The van der Waals surface area contributed by atoms with Crippen LogP contribution in [-0.2, 0) is 15.5 Å². The first-order chi connectivity index (χ1) is 9.08. The molecule has 0 spiro atoms. The Hall–Kier alpha value is -1.21. The Labute approximate surface area is 115 Å². The first-order valence-electron chi connectivity index (χ1n) is 6.32. The van der Waals surface area contributed by atoms with E-state index in [9.17, 15) is 18.3 Å². The van der Waals surface area contributed by atoms with Crippen LogP contribution in [0, 0.1) is 0 Å². The molecule has 1 aromatic rings. The molecule has 0 radical (unpaired) electrons. The maximum absolute atomic E-state index is 12.8. The predicted molar refractivity (Wildman–Crippen MR) is 68.8 cm³/mol. The zero-order chi connectivity index (χ0) is 15.1. The van der Waals surface area contributed by atoms with Gasteiger partial charge >= 0.3 is 13.3 Å². The second-order valence-corrected chi connectivity index (χ2v) is 5.63. The third-order valence-electron chi connectivity index (χ3n) is 3.16. The summed E-state index contributed by atoms with van der Waals surface area (Å²) in [5.41, 5.74) is -1.31. The number of benzene rings is 1. The van der Waals surface area contributed by atoms with E-state index in [1.54, 1.807) is 0 Å². The molecular formula is C13H16BF3O3. The first-order valence-corrected chi connectivity index (χ1v) is 6.32. The maximum Gasteiger partial charge on any atom is 0.494 e. The monoisotopic (exact) mass is 288 g/mol. The van der Waals surface area contributed by atoms with Crippen LogP contribution >= 0.6 is 0 Å². The summed E-state index contributed by atoms with van der Waals surface area (Å²) < 4.78 is 49.6. The molecule has 3 nitrogen and oxygen atoms in total. The van der Waals surface area contributed by atoms with Gasteiger partial charge in [-0.05, 0) is 44.8 Å². The molecule has 0 amide bonds. The lowest BCUT2D eigenvalue weighted by Gasteiger charge is -2.38. The number of rotatable bonds is 1. The summed E-state index contributed by atoms with van der Waals surface area (Å²) in [6, 6.07) is 3.26. The van der Waals surface area contributed by atoms with Crippen molar-refractivity contribution in [2.75, 3.05) is 0 Å². The average Bonchev–Trinajstić information content (AvgIpc) is 2.25. The van der Waals surface area contributed by atoms with Gasteiger partial charge in [0.05, 0.1) is 11.2 Å². The minimum atomic E-state index is -4.62. The molecule has 20 heavy (non-hydrogen) atoms. The number of phenols is 1. The standard InChI is InChI=1S/C13H16BF3O3/c1-8-7-12(2,3)20-14(19-8)9-4-5-11(18)10(6-9)13(15,16)17/h4-6,8,18H,7H2,1-3H3. The summed E-state index contributed by atoms with van der Waals surface area (Å²) in [5, 5.41) is 9.32. The SMILES string of the molecule is CC1CC(C)(C)OB(c2ccc(O)c(C(F)(F)F)c2)O1. The van der Waals surface area contributed by atoms with Gasteiger partial charge in [0.2, 0.25) is 0 Å². The van der Waals surface area contributed by atoms with Crippen LogP contribution in [0.1, 0.15) is 32.8 Å². The lowest BCUT2D eigenvalue weighted by Crippen LogP contribution is -2.51. The Balaban J connectivity index is 2.34. The third kappa shape index (κ3) is 3.27. The van der Waals surface area contributed by atoms with Crippen LogP contribution in [0.3, 0.4) is 0 Å². The van der Waals surface area contributed by atoms with Crippen LogP contribution in [0.4, 0.5) is 13.2 Å². The molecule has 1 aliphatic heterocycles. The molecule has 0 saturated carbocycles. The summed E-state index contributed by atoms with van der Waals surface area (Å²) >= 11 is 0. The molecule has 0 aromatic heterocycles. The highest BCUT2D eigenvalue weighted by molar-refractivity contribution is 6.61. The number of hydrogen-bond donors (Lipinski definition) is 1. The summed E-state index contributed by atoms with van der Waals surface area (Å²) in [4.78, 5) is 0. The molecule has 1 N–H and O–H groups in total. The number of halogens is 3. The van der Waals surface area contributed by atoms with Crippen molar-refractivity contribution in [2.24, 2.45) is 0 Å². The van der Waals surface area contributed by atoms with Gasteiger partial charge in [0.1, 0.15) is 5.75 Å². The van der Waals surface area contributed by atoms with Gasteiger partial charge in [-0.25, -0.2) is 0 Å². The van der Waals surface area contributed by atoms with Crippen LogP contribution < -0.4 is 5.46 Å². The Morgan fingerprint density at radius 2 is 2.00 bits per heavy atom. The molecule has 1 saturated heterocycles. The largest absolute Gasteiger partial charge is 0.507 e. The Morgan fingerprint density at radius 1 is 1.35 bits per heavy atom. The molecule has 1 heterocycles. The maximum atomic E-state index is 12.8. The minimum absolute atomic E-state index is 0.119. The summed E-state index contributed by atoms with van der Waals surface area (Å²) in [6.07, 6.45) is -4.07. The topological polar surface area (TPSA) is 38.7 Å². The summed E-state index contributed by atoms with van der Waals surface area (Å²) in [5.74, 6) is -0.802. The quantitative estimate of drug-likeness (QED) is 0.807. The molecule has 2 rings (SSSR count). The van der Waals surface area contributed by atoms with Crippen LogP contribution in [0.5, 0.6) is 5.75 Å². The fraction of sp³-hybridized carbons (Fsp3) is 0.538. The molecular weight excluding hydrogens is 272 g/mol. The molecule has 1 fully saturated rings. The Morgan fingerprint density at radius 3 is 2.55 bits per heavy atom. The van der Waals surface area contributed by atoms with Crippen molar-refractivity contribution in [1.29, 1.82) is 0 Å². The fourth-order valence-electron chi connectivity index (χ4n) is 2.39. The van der Waals surface area contributed by atoms with E-state index in [1.807, 2.05) is 20.8 Å². The van der Waals surface area contributed by atoms with Crippen molar-refractivity contribution < 1.29 is 27.6 Å². The van der Waals surface area contributed by atoms with Gasteiger partial charge in [0, 0.05) is 6.10 Å². The van der Waals surface area contributed by atoms with Gasteiger partial charge in [0.25, 0.3) is 0 Å². The molecule has 0 aliphatic carbocycles. The van der Waals surface area contributed by atoms with E-state index in [1.165, 1.54) is 6.07 Å². The first kappa shape index (κ1) is 15.2. The third-order valence-corrected chi connectivity index (χ3v) is 3.16. The number of alkyl halides is 3. The van der Waals surface area contributed by atoms with Gasteiger partial charge < -0.3 is 14.4 Å². The Kier molecular flexibility index (Phi) is 3.77. The molecule has 110 valence electrons. The van der Waals surface area contributed by atoms with Crippen LogP contribution in [0.2, 0.25) is 0 Å². The number of aromatic hydroxyl groups is 1. The highest BCUT2D eigenvalue weighted by Crippen LogP contribution is 2.35. The number of phenolic OH excluding ortho intramolecular Hbond substituents is 1. The van der Waals surface area contributed by atoms with E-state index in [4.69, 9.17) is 9.31 Å². The van der Waals surface area contributed by atoms with E-state index in [2.05, 4.69) is 0 Å². The van der Waals surface area contributed by atoms with E-state index in [0.29, 0.717) is 6.42 Å². The van der Waals surface area contributed by atoms with Crippen molar-refractivity contribution in [2.45, 2.75) is 45.1 Å². The van der Waals surface area contributed by atoms with Crippen molar-refractivity contribution in [3.63, 3.8) is 0 Å². The number of hydrogen-bond acceptors (Lipinski definition) is 3. The zero-order valence-corrected chi connectivity index (χ0v) is 11.5. The second kappa shape index (κ2) is 4.97. The highest BCUT2D eigenvalue weighted by Gasteiger charge is 2.40. The van der Waals surface area contributed by atoms with Gasteiger partial charge in [0.15, 0.2) is 0 Å². The van der Waals surface area contributed by atoms with Crippen molar-refractivity contribution in [1.82, 2.24) is 0 Å². The molecule has 0 bridgehead atoms. The summed E-state index contributed by atoms with van der Waals surface area (Å²) in [7, 11) is -0.865. The van der Waals surface area contributed by atoms with Gasteiger partial charge in [-0.3, -0.25) is 0 Å². The predicted octanol–water partition coefficient (Wildman–Crippen LogP) is 2.71. The van der Waals surface area contributed by atoms with E-state index < -0.39 is 30.2 Å². The van der Waals surface area contributed by atoms with Crippen molar-refractivity contribution >= 4 is 12.6 Å². The normalized spacial score (nSPS) is 22.9. The molecule has 7 heteroatoms. The molecule has 1 atom stereocenters. The van der Waals surface area contributed by atoms with E-state index in [-0.39, 0.29) is 11.6 Å². The second-order valence-electron chi connectivity index (χ2n) is 5.63. The summed E-state index contributed by atoms with van der Waals surface area (Å²) in [6.45, 7) is 5.58. The average molecular weight is 288 g/mol. The van der Waals surface area contributed by atoms with Gasteiger partial charge in [-0.2, -0.15) is 13.2 Å². The molecule has 1 aromatic carbocycles. The zero-order valence-electron chi connectivity index (χ0n) is 11.5. The van der Waals surface area contributed by atoms with Gasteiger partial charge in [-0.15, -0.1) is 0 Å². The van der Waals surface area contributed by atoms with Gasteiger partial charge in [-0.1, -0.05) is 6.07 Å².